The first-order chi connectivity index (χ1) is 14.7. The van der Waals surface area contributed by atoms with Gasteiger partial charge < -0.3 is 14.4 Å². The fourth-order valence-corrected chi connectivity index (χ4v) is 4.53. The Morgan fingerprint density at radius 3 is 2.67 bits per heavy atom. The lowest BCUT2D eigenvalue weighted by Gasteiger charge is -2.30. The van der Waals surface area contributed by atoms with Crippen molar-refractivity contribution in [2.24, 2.45) is 5.92 Å². The molecule has 1 aromatic carbocycles. The first-order valence-corrected chi connectivity index (χ1v) is 10.8. The lowest BCUT2D eigenvalue weighted by atomic mass is 9.97. The van der Waals surface area contributed by atoms with E-state index < -0.39 is 0 Å². The molecule has 0 N–H and O–H groups in total. The van der Waals surface area contributed by atoms with Crippen LogP contribution in [0.4, 0.5) is 0 Å². The maximum absolute atomic E-state index is 12.6. The van der Waals surface area contributed by atoms with Crippen LogP contribution in [0.2, 0.25) is 0 Å². The van der Waals surface area contributed by atoms with E-state index in [0.29, 0.717) is 38.4 Å². The van der Waals surface area contributed by atoms with Crippen molar-refractivity contribution in [2.45, 2.75) is 19.8 Å². The molecule has 0 saturated carbocycles. The fraction of sp³-hybridized carbons (Fsp3) is 0.364. The lowest BCUT2D eigenvalue weighted by molar-refractivity contribution is -0.151. The van der Waals surface area contributed by atoms with E-state index in [9.17, 15) is 9.59 Å². The van der Waals surface area contributed by atoms with E-state index in [4.69, 9.17) is 9.47 Å². The second-order valence-electron chi connectivity index (χ2n) is 7.07. The highest BCUT2D eigenvalue weighted by Crippen LogP contribution is 2.35. The van der Waals surface area contributed by atoms with Crippen molar-refractivity contribution in [3.05, 3.63) is 42.7 Å². The number of fused-ring (bicyclic) bond motifs is 1. The zero-order valence-corrected chi connectivity index (χ0v) is 17.6. The molecule has 1 amide bonds. The molecule has 1 aliphatic rings. The van der Waals surface area contributed by atoms with E-state index in [1.54, 1.807) is 23.2 Å². The van der Waals surface area contributed by atoms with Crippen LogP contribution < -0.4 is 4.74 Å². The third kappa shape index (κ3) is 4.43. The molecule has 156 valence electrons. The van der Waals surface area contributed by atoms with Gasteiger partial charge in [0.05, 0.1) is 17.9 Å². The largest absolute Gasteiger partial charge is 0.467 e. The number of piperidine rings is 1. The molecule has 0 bridgehead atoms. The highest BCUT2D eigenvalue weighted by molar-refractivity contribution is 7.21. The highest BCUT2D eigenvalue weighted by atomic mass is 32.1. The molecule has 3 heterocycles. The first-order valence-electron chi connectivity index (χ1n) is 10.0. The number of amides is 1. The number of aromatic nitrogens is 2. The van der Waals surface area contributed by atoms with Crippen LogP contribution in [-0.2, 0) is 14.3 Å². The number of carbonyl (C=O) groups excluding carboxylic acids is 2. The van der Waals surface area contributed by atoms with Crippen molar-refractivity contribution >= 4 is 33.4 Å². The third-order valence-corrected chi connectivity index (χ3v) is 6.24. The lowest BCUT2D eigenvalue weighted by Crippen LogP contribution is -2.42. The molecule has 1 aliphatic heterocycles. The van der Waals surface area contributed by atoms with Crippen LogP contribution in [0.3, 0.4) is 0 Å². The minimum Gasteiger partial charge on any atom is -0.467 e. The van der Waals surface area contributed by atoms with E-state index >= 15 is 0 Å². The molecule has 2 aromatic heterocycles. The molecule has 4 rings (SSSR count). The molecule has 0 atom stereocenters. The van der Waals surface area contributed by atoms with E-state index in [2.05, 4.69) is 9.97 Å². The smallest absolute Gasteiger partial charge is 0.309 e. The van der Waals surface area contributed by atoms with Crippen molar-refractivity contribution in [3.8, 4) is 16.3 Å². The van der Waals surface area contributed by atoms with Crippen LogP contribution in [0.25, 0.3) is 20.7 Å². The number of hydrogen-bond acceptors (Lipinski definition) is 7. The van der Waals surface area contributed by atoms with Gasteiger partial charge in [-0.15, -0.1) is 11.3 Å². The summed E-state index contributed by atoms with van der Waals surface area (Å²) in [6, 6.07) is 12.1. The van der Waals surface area contributed by atoms with Gasteiger partial charge >= 0.3 is 5.97 Å². The summed E-state index contributed by atoms with van der Waals surface area (Å²) in [5.74, 6) is 0.00491. The minimum atomic E-state index is -0.170. The Balaban J connectivity index is 1.39. The third-order valence-electron chi connectivity index (χ3n) is 5.15. The first kappa shape index (κ1) is 20.3. The topological polar surface area (TPSA) is 81.6 Å². The highest BCUT2D eigenvalue weighted by Gasteiger charge is 2.28. The number of benzene rings is 1. The summed E-state index contributed by atoms with van der Waals surface area (Å²) in [7, 11) is 0. The average molecular weight is 426 g/mol. The molecule has 3 aromatic rings. The van der Waals surface area contributed by atoms with Gasteiger partial charge in [-0.3, -0.25) is 9.59 Å². The van der Waals surface area contributed by atoms with Gasteiger partial charge in [-0.25, -0.2) is 9.97 Å². The predicted molar refractivity (Wildman–Crippen MR) is 114 cm³/mol. The van der Waals surface area contributed by atoms with E-state index in [1.807, 2.05) is 36.4 Å². The van der Waals surface area contributed by atoms with Gasteiger partial charge in [0.1, 0.15) is 11.2 Å². The molecule has 8 heteroatoms. The Bertz CT molecular complexity index is 1030. The quantitative estimate of drug-likeness (QED) is 0.562. The van der Waals surface area contributed by atoms with Crippen molar-refractivity contribution in [2.75, 3.05) is 26.3 Å². The molecular formula is C22H23N3O4S. The minimum absolute atomic E-state index is 0.0906. The molecule has 1 fully saturated rings. The van der Waals surface area contributed by atoms with E-state index in [-0.39, 0.29) is 24.4 Å². The maximum atomic E-state index is 12.6. The number of hydrogen-bond donors (Lipinski definition) is 0. The van der Waals surface area contributed by atoms with Crippen LogP contribution in [0.5, 0.6) is 5.88 Å². The molecule has 0 aliphatic carbocycles. The Kier molecular flexibility index (Phi) is 6.23. The monoisotopic (exact) mass is 425 g/mol. The van der Waals surface area contributed by atoms with Crippen molar-refractivity contribution in [1.82, 2.24) is 14.9 Å². The van der Waals surface area contributed by atoms with E-state index in [1.165, 1.54) is 6.33 Å². The summed E-state index contributed by atoms with van der Waals surface area (Å²) >= 11 is 1.56. The summed E-state index contributed by atoms with van der Waals surface area (Å²) in [4.78, 5) is 36.6. The average Bonchev–Trinajstić information content (AvgIpc) is 3.23. The normalized spacial score (nSPS) is 14.6. The van der Waals surface area contributed by atoms with Crippen LogP contribution in [0, 0.1) is 5.92 Å². The van der Waals surface area contributed by atoms with Gasteiger partial charge in [-0.1, -0.05) is 30.3 Å². The van der Waals surface area contributed by atoms with Crippen molar-refractivity contribution < 1.29 is 19.1 Å². The second kappa shape index (κ2) is 9.21. The number of thiophene rings is 1. The molecule has 1 saturated heterocycles. The van der Waals surface area contributed by atoms with Gasteiger partial charge in [0.15, 0.2) is 6.61 Å². The summed E-state index contributed by atoms with van der Waals surface area (Å²) in [5.41, 5.74) is 1.10. The summed E-state index contributed by atoms with van der Waals surface area (Å²) < 4.78 is 10.8. The zero-order chi connectivity index (χ0) is 20.9. The standard InChI is InChI=1S/C22H23N3O4S/c1-2-28-22(27)16-8-10-25(11-9-16)19(26)13-29-20-17-12-18(15-6-4-3-5-7-15)30-21(17)24-14-23-20/h3-7,12,14,16H,2,8-11,13H2,1H3. The molecule has 30 heavy (non-hydrogen) atoms. The predicted octanol–water partition coefficient (Wildman–Crippen LogP) is 3.54. The number of rotatable bonds is 6. The number of esters is 1. The molecule has 0 spiro atoms. The van der Waals surface area contributed by atoms with Crippen molar-refractivity contribution in [1.29, 1.82) is 0 Å². The van der Waals surface area contributed by atoms with E-state index in [0.717, 1.165) is 20.7 Å². The maximum Gasteiger partial charge on any atom is 0.309 e. The zero-order valence-electron chi connectivity index (χ0n) is 16.7. The van der Waals surface area contributed by atoms with Crippen LogP contribution in [-0.4, -0.2) is 53.0 Å². The Morgan fingerprint density at radius 1 is 1.17 bits per heavy atom. The second-order valence-corrected chi connectivity index (χ2v) is 8.10. The number of ether oxygens (including phenoxy) is 2. The van der Waals surface area contributed by atoms with Gasteiger partial charge in [0, 0.05) is 18.0 Å². The van der Waals surface area contributed by atoms with Gasteiger partial charge in [0.2, 0.25) is 5.88 Å². The number of nitrogens with zero attached hydrogens (tertiary/aromatic N) is 3. The fourth-order valence-electron chi connectivity index (χ4n) is 3.54. The number of carbonyl (C=O) groups is 2. The van der Waals surface area contributed by atoms with Crippen LogP contribution >= 0.6 is 11.3 Å². The number of likely N-dealkylation sites (tertiary alicyclic amines) is 1. The SMILES string of the molecule is CCOC(=O)C1CCN(C(=O)COc2ncnc3sc(-c4ccccc4)cc23)CC1. The Labute approximate surface area is 178 Å². The van der Waals surface area contributed by atoms with Crippen molar-refractivity contribution in [3.63, 3.8) is 0 Å². The van der Waals surface area contributed by atoms with Crippen LogP contribution in [0.1, 0.15) is 19.8 Å². The molecule has 0 unspecified atom stereocenters. The molecule has 0 radical (unpaired) electrons. The Hall–Kier alpha value is -3.00. The van der Waals surface area contributed by atoms with Gasteiger partial charge in [0.25, 0.3) is 5.91 Å². The molecular weight excluding hydrogens is 402 g/mol. The van der Waals surface area contributed by atoms with Gasteiger partial charge in [-0.2, -0.15) is 0 Å². The summed E-state index contributed by atoms with van der Waals surface area (Å²) in [6.45, 7) is 3.15. The summed E-state index contributed by atoms with van der Waals surface area (Å²) in [5, 5.41) is 0.801. The summed E-state index contributed by atoms with van der Waals surface area (Å²) in [6.07, 6.45) is 2.69. The van der Waals surface area contributed by atoms with Gasteiger partial charge in [-0.05, 0) is 31.4 Å². The van der Waals surface area contributed by atoms with Crippen LogP contribution in [0.15, 0.2) is 42.7 Å². The Morgan fingerprint density at radius 2 is 1.93 bits per heavy atom. The molecule has 7 nitrogen and oxygen atoms in total.